The molecule has 2 heterocycles. The van der Waals surface area contributed by atoms with E-state index in [9.17, 15) is 4.79 Å². The maximum absolute atomic E-state index is 11.9. The zero-order valence-corrected chi connectivity index (χ0v) is 13.7. The van der Waals surface area contributed by atoms with E-state index < -0.39 is 0 Å². The minimum absolute atomic E-state index is 0.0521. The van der Waals surface area contributed by atoms with E-state index in [1.807, 2.05) is 7.05 Å². The summed E-state index contributed by atoms with van der Waals surface area (Å²) in [5.41, 5.74) is 1.82. The van der Waals surface area contributed by atoms with Crippen LogP contribution in [0.3, 0.4) is 0 Å². The molecule has 0 fully saturated rings. The highest BCUT2D eigenvalue weighted by molar-refractivity contribution is 7.14. The largest absolute Gasteiger partial charge is 0.317 e. The van der Waals surface area contributed by atoms with Crippen molar-refractivity contribution >= 4 is 33.6 Å². The van der Waals surface area contributed by atoms with Crippen LogP contribution < -0.4 is 5.32 Å². The third-order valence-electron chi connectivity index (χ3n) is 3.14. The van der Waals surface area contributed by atoms with Crippen molar-refractivity contribution in [2.75, 3.05) is 18.9 Å². The molecule has 0 spiro atoms. The van der Waals surface area contributed by atoms with Crippen LogP contribution in [0.25, 0.3) is 0 Å². The Morgan fingerprint density at radius 2 is 2.14 bits per heavy atom. The van der Waals surface area contributed by atoms with E-state index in [1.54, 1.807) is 22.8 Å². The number of nitrogens with zero attached hydrogens (tertiary/aromatic N) is 2. The molecule has 1 N–H and O–H groups in total. The normalized spacial score (nSPS) is 10.6. The van der Waals surface area contributed by atoms with Crippen molar-refractivity contribution in [2.24, 2.45) is 0 Å². The van der Waals surface area contributed by atoms with E-state index in [1.165, 1.54) is 21.8 Å². The van der Waals surface area contributed by atoms with Gasteiger partial charge in [-0.05, 0) is 42.4 Å². The fourth-order valence-corrected chi connectivity index (χ4v) is 3.60. The van der Waals surface area contributed by atoms with Gasteiger partial charge in [0.2, 0.25) is 5.91 Å². The molecule has 0 aliphatic heterocycles. The number of amides is 1. The van der Waals surface area contributed by atoms with Gasteiger partial charge in [0.05, 0.1) is 5.56 Å². The molecule has 0 atom stereocenters. The van der Waals surface area contributed by atoms with Crippen LogP contribution >= 0.6 is 22.7 Å². The summed E-state index contributed by atoms with van der Waals surface area (Å²) < 4.78 is 0. The summed E-state index contributed by atoms with van der Waals surface area (Å²) in [6.45, 7) is 3.66. The second-order valence-corrected chi connectivity index (χ2v) is 6.75. The van der Waals surface area contributed by atoms with Crippen LogP contribution in [0.4, 0.5) is 5.00 Å². The fourth-order valence-electron chi connectivity index (χ4n) is 1.87. The van der Waals surface area contributed by atoms with Crippen molar-refractivity contribution in [1.29, 1.82) is 5.26 Å². The lowest BCUT2D eigenvalue weighted by molar-refractivity contribution is -0.116. The first-order valence-corrected chi connectivity index (χ1v) is 8.35. The average Bonchev–Trinajstić information content (AvgIpc) is 3.06. The van der Waals surface area contributed by atoms with Crippen LogP contribution in [-0.4, -0.2) is 24.4 Å². The van der Waals surface area contributed by atoms with Gasteiger partial charge in [0.25, 0.3) is 0 Å². The molecule has 0 aliphatic carbocycles. The second-order valence-electron chi connectivity index (χ2n) is 4.84. The molecule has 4 nitrogen and oxygen atoms in total. The Kier molecular flexibility index (Phi) is 5.51. The number of carbonyl (C=O) groups excluding carboxylic acids is 1. The van der Waals surface area contributed by atoms with Crippen molar-refractivity contribution < 1.29 is 4.79 Å². The van der Waals surface area contributed by atoms with Crippen LogP contribution in [0.15, 0.2) is 22.9 Å². The summed E-state index contributed by atoms with van der Waals surface area (Å²) in [4.78, 5) is 15.4. The average molecular weight is 319 g/mol. The van der Waals surface area contributed by atoms with Gasteiger partial charge in [-0.3, -0.25) is 4.79 Å². The van der Waals surface area contributed by atoms with Crippen LogP contribution in [0.1, 0.15) is 22.4 Å². The Bertz CT molecular complexity index is 654. The number of hydrogen-bond acceptors (Lipinski definition) is 5. The molecule has 0 unspecified atom stereocenters. The molecular weight excluding hydrogens is 302 g/mol. The Morgan fingerprint density at radius 1 is 1.38 bits per heavy atom. The number of rotatable bonds is 6. The van der Waals surface area contributed by atoms with E-state index in [4.69, 9.17) is 5.26 Å². The molecule has 0 aromatic carbocycles. The summed E-state index contributed by atoms with van der Waals surface area (Å²) in [6, 6.07) is 5.89. The van der Waals surface area contributed by atoms with Gasteiger partial charge in [-0.1, -0.05) is 0 Å². The third-order valence-corrected chi connectivity index (χ3v) is 4.98. The minimum Gasteiger partial charge on any atom is -0.317 e. The summed E-state index contributed by atoms with van der Waals surface area (Å²) >= 11 is 3.12. The smallest absolute Gasteiger partial charge is 0.226 e. The molecule has 0 aliphatic rings. The number of thiophene rings is 2. The molecule has 2 rings (SSSR count). The van der Waals surface area contributed by atoms with Gasteiger partial charge in [0.15, 0.2) is 0 Å². The predicted octanol–water partition coefficient (Wildman–Crippen LogP) is 3.45. The Balaban J connectivity index is 1.79. The van der Waals surface area contributed by atoms with Crippen molar-refractivity contribution in [3.05, 3.63) is 38.9 Å². The quantitative estimate of drug-likeness (QED) is 0.887. The first-order valence-electron chi connectivity index (χ1n) is 6.59. The number of carbonyl (C=O) groups is 1. The van der Waals surface area contributed by atoms with Crippen molar-refractivity contribution in [3.63, 3.8) is 0 Å². The lowest BCUT2D eigenvalue weighted by Crippen LogP contribution is -2.23. The summed E-state index contributed by atoms with van der Waals surface area (Å²) in [7, 11) is 2.01. The highest BCUT2D eigenvalue weighted by Gasteiger charge is 2.10. The summed E-state index contributed by atoms with van der Waals surface area (Å²) in [6.07, 6.45) is 0.420. The van der Waals surface area contributed by atoms with Crippen molar-refractivity contribution in [3.8, 4) is 6.07 Å². The van der Waals surface area contributed by atoms with Gasteiger partial charge in [0, 0.05) is 24.4 Å². The zero-order chi connectivity index (χ0) is 15.2. The molecule has 1 amide bonds. The molecule has 0 bridgehead atoms. The third kappa shape index (κ3) is 4.39. The fraction of sp³-hybridized carbons (Fsp3) is 0.333. The van der Waals surface area contributed by atoms with E-state index in [0.717, 1.165) is 6.54 Å². The first-order chi connectivity index (χ1) is 10.1. The zero-order valence-electron chi connectivity index (χ0n) is 12.0. The van der Waals surface area contributed by atoms with Gasteiger partial charge in [0.1, 0.15) is 11.1 Å². The number of nitrogens with one attached hydrogen (secondary N) is 1. The molecule has 2 aromatic heterocycles. The van der Waals surface area contributed by atoms with Gasteiger partial charge >= 0.3 is 0 Å². The lowest BCUT2D eigenvalue weighted by atomic mass is 10.2. The van der Waals surface area contributed by atoms with Crippen LogP contribution in [0.2, 0.25) is 0 Å². The Hall–Kier alpha value is -1.68. The second kappa shape index (κ2) is 7.36. The molecule has 110 valence electrons. The number of anilines is 1. The molecule has 6 heteroatoms. The van der Waals surface area contributed by atoms with Gasteiger partial charge in [-0.25, -0.2) is 0 Å². The van der Waals surface area contributed by atoms with Crippen LogP contribution in [0.5, 0.6) is 0 Å². The van der Waals surface area contributed by atoms with Crippen LogP contribution in [-0.2, 0) is 11.3 Å². The summed E-state index contributed by atoms with van der Waals surface area (Å²) in [5.74, 6) is -0.0521. The maximum Gasteiger partial charge on any atom is 0.226 e. The van der Waals surface area contributed by atoms with E-state index >= 15 is 0 Å². The molecule has 21 heavy (non-hydrogen) atoms. The number of nitriles is 1. The van der Waals surface area contributed by atoms with Gasteiger partial charge in [-0.2, -0.15) is 5.26 Å². The first kappa shape index (κ1) is 15.7. The molecule has 2 aromatic rings. The molecule has 0 radical (unpaired) electrons. The Labute approximate surface area is 132 Å². The summed E-state index contributed by atoms with van der Waals surface area (Å²) in [5, 5.41) is 16.2. The predicted molar refractivity (Wildman–Crippen MR) is 87.7 cm³/mol. The van der Waals surface area contributed by atoms with Gasteiger partial charge < -0.3 is 10.2 Å². The molecule has 0 saturated heterocycles. The van der Waals surface area contributed by atoms with E-state index in [-0.39, 0.29) is 5.91 Å². The molecular formula is C15H17N3OS2. The Morgan fingerprint density at radius 3 is 2.81 bits per heavy atom. The van der Waals surface area contributed by atoms with Gasteiger partial charge in [-0.15, -0.1) is 22.7 Å². The maximum atomic E-state index is 11.9. The minimum atomic E-state index is -0.0521. The monoisotopic (exact) mass is 319 g/mol. The van der Waals surface area contributed by atoms with E-state index in [0.29, 0.717) is 23.5 Å². The highest BCUT2D eigenvalue weighted by Crippen LogP contribution is 2.22. The highest BCUT2D eigenvalue weighted by atomic mass is 32.1. The SMILES string of the molecule is Cc1ccsc1CN(C)CCC(=O)Nc1sccc1C#N. The van der Waals surface area contributed by atoms with Crippen LogP contribution in [0, 0.1) is 18.3 Å². The topological polar surface area (TPSA) is 56.1 Å². The lowest BCUT2D eigenvalue weighted by Gasteiger charge is -2.15. The van der Waals surface area contributed by atoms with E-state index in [2.05, 4.69) is 34.7 Å². The number of aryl methyl sites for hydroxylation is 1. The van der Waals surface area contributed by atoms with Crippen molar-refractivity contribution in [1.82, 2.24) is 4.90 Å². The standard InChI is InChI=1S/C15H17N3OS2/c1-11-4-7-20-13(11)10-18(2)6-3-14(19)17-15-12(9-16)5-8-21-15/h4-5,7-8H,3,6,10H2,1-2H3,(H,17,19). The van der Waals surface area contributed by atoms with Crippen molar-refractivity contribution in [2.45, 2.75) is 19.9 Å². The number of hydrogen-bond donors (Lipinski definition) is 1. The molecule has 0 saturated carbocycles.